The number of anilines is 4. The lowest BCUT2D eigenvalue weighted by atomic mass is 10.0. The van der Waals surface area contributed by atoms with E-state index in [0.29, 0.717) is 29.3 Å². The third kappa shape index (κ3) is 8.22. The zero-order chi connectivity index (χ0) is 30.0. The van der Waals surface area contributed by atoms with Crippen molar-refractivity contribution in [2.24, 2.45) is 0 Å². The summed E-state index contributed by atoms with van der Waals surface area (Å²) in [6, 6.07) is 34.5. The van der Waals surface area contributed by atoms with Crippen molar-refractivity contribution in [3.8, 4) is 22.4 Å². The van der Waals surface area contributed by atoms with Crippen LogP contribution in [0.15, 0.2) is 128 Å². The van der Waals surface area contributed by atoms with E-state index in [2.05, 4.69) is 62.3 Å². The summed E-state index contributed by atoms with van der Waals surface area (Å²) in [6.45, 7) is 0.674. The van der Waals surface area contributed by atoms with E-state index >= 15 is 0 Å². The van der Waals surface area contributed by atoms with Gasteiger partial charge in [0, 0.05) is 46.9 Å². The molecule has 1 heterocycles. The number of aromatic nitrogens is 2. The van der Waals surface area contributed by atoms with Gasteiger partial charge < -0.3 is 20.9 Å². The molecule has 8 heteroatoms. The van der Waals surface area contributed by atoms with Gasteiger partial charge in [-0.2, -0.15) is 0 Å². The molecular formula is C35H32N6O2. The minimum atomic E-state index is -0.260. The maximum atomic E-state index is 12.9. The van der Waals surface area contributed by atoms with Crippen LogP contribution in [0, 0.1) is 0 Å². The molecule has 0 aliphatic rings. The average Bonchev–Trinajstić information content (AvgIpc) is 3.02. The molecule has 0 spiro atoms. The molecule has 0 bridgehead atoms. The number of hydrogen-bond acceptors (Lipinski definition) is 6. The van der Waals surface area contributed by atoms with Crippen LogP contribution in [0.3, 0.4) is 0 Å². The molecule has 0 saturated heterocycles. The minimum absolute atomic E-state index is 0.222. The number of rotatable bonds is 10. The molecular weight excluding hydrogens is 536 g/mol. The number of carbonyl (C=O) groups excluding carboxylic acids is 2. The summed E-state index contributed by atoms with van der Waals surface area (Å²) in [5, 5.41) is 9.02. The smallest absolute Gasteiger partial charge is 0.255 e. The number of carbonyl (C=O) groups is 2. The lowest BCUT2D eigenvalue weighted by Crippen LogP contribution is -2.13. The predicted octanol–water partition coefficient (Wildman–Crippen LogP) is 6.86. The Bertz CT molecular complexity index is 1720. The van der Waals surface area contributed by atoms with Crippen LogP contribution in [0.2, 0.25) is 0 Å². The summed E-state index contributed by atoms with van der Waals surface area (Å²) >= 11 is 0. The summed E-state index contributed by atoms with van der Waals surface area (Å²) in [6.07, 6.45) is 4.81. The van der Waals surface area contributed by atoms with Gasteiger partial charge in [0.15, 0.2) is 0 Å². The number of nitrogens with zero attached hydrogens (tertiary/aromatic N) is 3. The number of benzene rings is 4. The molecule has 0 fully saturated rings. The van der Waals surface area contributed by atoms with Crippen LogP contribution in [-0.4, -0.2) is 47.3 Å². The Morgan fingerprint density at radius 3 is 2.14 bits per heavy atom. The Morgan fingerprint density at radius 2 is 1.40 bits per heavy atom. The first kappa shape index (κ1) is 28.9. The van der Waals surface area contributed by atoms with Gasteiger partial charge >= 0.3 is 0 Å². The second-order valence-corrected chi connectivity index (χ2v) is 10.1. The van der Waals surface area contributed by atoms with Gasteiger partial charge in [0.25, 0.3) is 5.91 Å². The number of amides is 2. The van der Waals surface area contributed by atoms with E-state index in [1.165, 1.54) is 12.4 Å². The highest BCUT2D eigenvalue weighted by Gasteiger charge is 2.09. The van der Waals surface area contributed by atoms with E-state index < -0.39 is 0 Å². The van der Waals surface area contributed by atoms with Gasteiger partial charge in [0.2, 0.25) is 5.91 Å². The standard InChI is InChI=1S/C35H32N6O2/c1-41(2)21-7-12-34(42)39-29-19-17-28(18-20-29)35(43)40-31-11-6-10-30(22-31)38-33-23-32(36-24-37-33)27-15-13-26(14-16-27)25-8-4-3-5-9-25/h3-20,22-24H,21H2,1-2H3,(H,39,42)(H,40,43)(H,36,37,38). The second-order valence-electron chi connectivity index (χ2n) is 10.1. The van der Waals surface area contributed by atoms with Crippen LogP contribution in [-0.2, 0) is 4.79 Å². The zero-order valence-corrected chi connectivity index (χ0v) is 24.0. The SMILES string of the molecule is CN(C)CC=CC(=O)Nc1ccc(C(=O)Nc2cccc(Nc3cc(-c4ccc(-c5ccccc5)cc4)ncn3)c2)cc1. The monoisotopic (exact) mass is 568 g/mol. The van der Waals surface area contributed by atoms with E-state index in [9.17, 15) is 9.59 Å². The fraction of sp³-hybridized carbons (Fsp3) is 0.0857. The molecule has 0 saturated carbocycles. The fourth-order valence-corrected chi connectivity index (χ4v) is 4.33. The van der Waals surface area contributed by atoms with E-state index in [4.69, 9.17) is 0 Å². The highest BCUT2D eigenvalue weighted by Crippen LogP contribution is 2.26. The molecule has 5 aromatic rings. The van der Waals surface area contributed by atoms with Crippen molar-refractivity contribution >= 4 is 34.7 Å². The Balaban J connectivity index is 1.20. The highest BCUT2D eigenvalue weighted by atomic mass is 16.2. The maximum Gasteiger partial charge on any atom is 0.255 e. The van der Waals surface area contributed by atoms with E-state index in [1.807, 2.05) is 67.5 Å². The number of hydrogen-bond donors (Lipinski definition) is 3. The Kier molecular flexibility index (Phi) is 9.31. The molecule has 214 valence electrons. The van der Waals surface area contributed by atoms with Gasteiger partial charge in [0.05, 0.1) is 5.69 Å². The molecule has 8 nitrogen and oxygen atoms in total. The Morgan fingerprint density at radius 1 is 0.698 bits per heavy atom. The van der Waals surface area contributed by atoms with Gasteiger partial charge in [-0.3, -0.25) is 9.59 Å². The van der Waals surface area contributed by atoms with Gasteiger partial charge in [-0.1, -0.05) is 66.7 Å². The normalized spacial score (nSPS) is 11.0. The molecule has 5 rings (SSSR count). The summed E-state index contributed by atoms with van der Waals surface area (Å²) in [4.78, 5) is 35.7. The number of nitrogens with one attached hydrogen (secondary N) is 3. The van der Waals surface area contributed by atoms with Crippen molar-refractivity contribution in [2.75, 3.05) is 36.6 Å². The molecule has 1 aromatic heterocycles. The van der Waals surface area contributed by atoms with Crippen molar-refractivity contribution in [1.29, 1.82) is 0 Å². The third-order valence-corrected chi connectivity index (χ3v) is 6.50. The van der Waals surface area contributed by atoms with Crippen LogP contribution in [0.4, 0.5) is 22.9 Å². The maximum absolute atomic E-state index is 12.9. The first-order chi connectivity index (χ1) is 20.9. The van der Waals surface area contributed by atoms with Crippen LogP contribution in [0.5, 0.6) is 0 Å². The van der Waals surface area contributed by atoms with Crippen LogP contribution >= 0.6 is 0 Å². The summed E-state index contributed by atoms with van der Waals surface area (Å²) in [7, 11) is 3.86. The second kappa shape index (κ2) is 13.8. The molecule has 0 unspecified atom stereocenters. The molecule has 2 amide bonds. The largest absolute Gasteiger partial charge is 0.340 e. The molecule has 0 aliphatic carbocycles. The molecule has 43 heavy (non-hydrogen) atoms. The van der Waals surface area contributed by atoms with Crippen LogP contribution < -0.4 is 16.0 Å². The van der Waals surface area contributed by atoms with Gasteiger partial charge in [0.1, 0.15) is 12.1 Å². The number of likely N-dealkylation sites (N-methyl/N-ethyl adjacent to an activating group) is 1. The van der Waals surface area contributed by atoms with Crippen molar-refractivity contribution in [3.63, 3.8) is 0 Å². The van der Waals surface area contributed by atoms with Crippen molar-refractivity contribution < 1.29 is 9.59 Å². The first-order valence-corrected chi connectivity index (χ1v) is 13.8. The van der Waals surface area contributed by atoms with Gasteiger partial charge in [-0.05, 0) is 67.7 Å². The van der Waals surface area contributed by atoms with E-state index in [0.717, 1.165) is 28.1 Å². The average molecular weight is 569 g/mol. The Labute approximate surface area is 251 Å². The van der Waals surface area contributed by atoms with E-state index in [-0.39, 0.29) is 11.8 Å². The van der Waals surface area contributed by atoms with Gasteiger partial charge in [-0.15, -0.1) is 0 Å². The van der Waals surface area contributed by atoms with Crippen LogP contribution in [0.25, 0.3) is 22.4 Å². The van der Waals surface area contributed by atoms with Crippen molar-refractivity contribution in [3.05, 3.63) is 133 Å². The predicted molar refractivity (Wildman–Crippen MR) is 173 cm³/mol. The molecule has 0 radical (unpaired) electrons. The molecule has 3 N–H and O–H groups in total. The topological polar surface area (TPSA) is 99.2 Å². The summed E-state index contributed by atoms with van der Waals surface area (Å²) in [5.74, 6) is 0.152. The molecule has 0 aliphatic heterocycles. The zero-order valence-electron chi connectivity index (χ0n) is 24.0. The Hall–Kier alpha value is -5.60. The fourth-order valence-electron chi connectivity index (χ4n) is 4.33. The van der Waals surface area contributed by atoms with Gasteiger partial charge in [-0.25, -0.2) is 9.97 Å². The van der Waals surface area contributed by atoms with Crippen molar-refractivity contribution in [1.82, 2.24) is 14.9 Å². The molecule has 4 aromatic carbocycles. The van der Waals surface area contributed by atoms with Crippen molar-refractivity contribution in [2.45, 2.75) is 0 Å². The third-order valence-electron chi connectivity index (χ3n) is 6.50. The van der Waals surface area contributed by atoms with Crippen LogP contribution in [0.1, 0.15) is 10.4 Å². The summed E-state index contributed by atoms with van der Waals surface area (Å²) < 4.78 is 0. The highest BCUT2D eigenvalue weighted by molar-refractivity contribution is 6.05. The lowest BCUT2D eigenvalue weighted by molar-refractivity contribution is -0.111. The first-order valence-electron chi connectivity index (χ1n) is 13.8. The van der Waals surface area contributed by atoms with E-state index in [1.54, 1.807) is 30.3 Å². The minimum Gasteiger partial charge on any atom is -0.340 e. The quantitative estimate of drug-likeness (QED) is 0.159. The molecule has 0 atom stereocenters. The lowest BCUT2D eigenvalue weighted by Gasteiger charge is -2.11. The summed E-state index contributed by atoms with van der Waals surface area (Å²) in [5.41, 5.74) is 6.56.